The van der Waals surface area contributed by atoms with Crippen molar-refractivity contribution in [3.05, 3.63) is 48.0 Å². The van der Waals surface area contributed by atoms with Crippen molar-refractivity contribution in [3.8, 4) is 0 Å². The summed E-state index contributed by atoms with van der Waals surface area (Å²) in [5.74, 6) is -4.65. The number of alkyl carbamates (subject to hydrolysis) is 1. The van der Waals surface area contributed by atoms with E-state index in [0.717, 1.165) is 37.7 Å². The molecule has 0 aromatic heterocycles. The Bertz CT molecular complexity index is 2050. The first-order chi connectivity index (χ1) is 38.3. The quantitative estimate of drug-likeness (QED) is 0.0480. The van der Waals surface area contributed by atoms with Gasteiger partial charge >= 0.3 is 12.1 Å². The Morgan fingerprint density at radius 3 is 1.94 bits per heavy atom. The third kappa shape index (κ3) is 23.3. The normalized spacial score (nSPS) is 19.0. The van der Waals surface area contributed by atoms with Crippen LogP contribution in [0.3, 0.4) is 0 Å². The molecule has 0 radical (unpaired) electrons. The number of nitrogens with zero attached hydrogens (tertiary/aromatic N) is 3. The summed E-state index contributed by atoms with van der Waals surface area (Å²) in [6.07, 6.45) is 8.91. The summed E-state index contributed by atoms with van der Waals surface area (Å²) in [5, 5.41) is 18.4. The fourth-order valence-electron chi connectivity index (χ4n) is 10.5. The average molecular weight is 1130 g/mol. The predicted molar refractivity (Wildman–Crippen MR) is 302 cm³/mol. The third-order valence-corrected chi connectivity index (χ3v) is 15.2. The number of carbonyl (C=O) groups excluding carboxylic acids is 6. The van der Waals surface area contributed by atoms with Crippen molar-refractivity contribution < 1.29 is 71.8 Å². The lowest BCUT2D eigenvalue weighted by Gasteiger charge is -2.41. The van der Waals surface area contributed by atoms with E-state index >= 15 is 0 Å². The number of likely N-dealkylation sites (tertiary alicyclic amines) is 1. The van der Waals surface area contributed by atoms with Crippen LogP contribution in [0, 0.1) is 23.7 Å². The van der Waals surface area contributed by atoms with Crippen molar-refractivity contribution >= 4 is 41.6 Å². The highest BCUT2D eigenvalue weighted by Gasteiger charge is 2.44. The largest absolute Gasteiger partial charge is 0.480 e. The summed E-state index contributed by atoms with van der Waals surface area (Å²) < 4.78 is 39.8. The molecule has 1 saturated heterocycles. The van der Waals surface area contributed by atoms with E-state index in [-0.39, 0.29) is 74.1 Å². The number of rotatable bonds is 37. The molecular weight excluding hydrogens is 1030 g/mol. The molecule has 0 bridgehead atoms. The SMILES string of the molecule is CC[C@H](C)[C@@H]([C@@H](CC(=O)N1CCC[C@H]1[C@H](OC)[C@@H](C)C(=O)NC(Cc1ccccc1)C(=O)O)OC)N(C)C(=O)[C@@H](NC(=O)[C@H](C(C)C)N(C)C(=O)CCOCCOCCOCCOCCNC(=O)O[C@H]1CC/C=C/CCC1)C(C)C. The van der Waals surface area contributed by atoms with Gasteiger partial charge in [-0.2, -0.15) is 0 Å². The molecule has 1 fully saturated rings. The Morgan fingerprint density at radius 1 is 0.725 bits per heavy atom. The summed E-state index contributed by atoms with van der Waals surface area (Å²) in [6, 6.07) is 4.94. The zero-order chi connectivity index (χ0) is 59.1. The molecule has 1 unspecified atom stereocenters. The van der Waals surface area contributed by atoms with E-state index < -0.39 is 72.2 Å². The van der Waals surface area contributed by atoms with Gasteiger partial charge in [-0.15, -0.1) is 0 Å². The zero-order valence-electron chi connectivity index (χ0n) is 49.8. The summed E-state index contributed by atoms with van der Waals surface area (Å²) >= 11 is 0. The number of carboxylic acid groups (broad SMARTS) is 1. The molecule has 21 nitrogen and oxygen atoms in total. The monoisotopic (exact) mass is 1130 g/mol. The summed E-state index contributed by atoms with van der Waals surface area (Å²) in [4.78, 5) is 99.3. The first kappa shape index (κ1) is 69.1. The number of ether oxygens (including phenoxy) is 7. The molecule has 2 aliphatic rings. The molecule has 1 aliphatic carbocycles. The van der Waals surface area contributed by atoms with Gasteiger partial charge in [0.15, 0.2) is 0 Å². The number of nitrogens with one attached hydrogen (secondary N) is 3. The van der Waals surface area contributed by atoms with Crippen LogP contribution in [0.4, 0.5) is 4.79 Å². The van der Waals surface area contributed by atoms with Gasteiger partial charge in [0.05, 0.1) is 95.9 Å². The molecule has 80 heavy (non-hydrogen) atoms. The maximum Gasteiger partial charge on any atom is 0.407 e. The van der Waals surface area contributed by atoms with Gasteiger partial charge in [0, 0.05) is 47.8 Å². The van der Waals surface area contributed by atoms with Gasteiger partial charge in [-0.05, 0) is 68.3 Å². The van der Waals surface area contributed by atoms with Gasteiger partial charge < -0.3 is 68.9 Å². The Balaban J connectivity index is 1.47. The lowest BCUT2D eigenvalue weighted by Crippen LogP contribution is -2.60. The summed E-state index contributed by atoms with van der Waals surface area (Å²) in [7, 11) is 6.21. The molecule has 0 spiro atoms. The Hall–Kier alpha value is -5.19. The molecule has 10 atom stereocenters. The number of benzene rings is 1. The number of aliphatic carboxylic acids is 1. The number of methoxy groups -OCH3 is 2. The van der Waals surface area contributed by atoms with Crippen molar-refractivity contribution in [1.29, 1.82) is 0 Å². The first-order valence-corrected chi connectivity index (χ1v) is 28.9. The van der Waals surface area contributed by atoms with Crippen LogP contribution in [0.2, 0.25) is 0 Å². The molecule has 6 amide bonds. The van der Waals surface area contributed by atoms with Crippen LogP contribution in [0.5, 0.6) is 0 Å². The number of carboxylic acids is 1. The number of hydrogen-bond acceptors (Lipinski definition) is 14. The molecule has 21 heteroatoms. The van der Waals surface area contributed by atoms with Gasteiger partial charge in [-0.25, -0.2) is 9.59 Å². The minimum Gasteiger partial charge on any atom is -0.480 e. The number of hydrogen-bond donors (Lipinski definition) is 4. The van der Waals surface area contributed by atoms with Gasteiger partial charge in [-0.1, -0.05) is 97.4 Å². The van der Waals surface area contributed by atoms with E-state index in [0.29, 0.717) is 72.0 Å². The molecule has 1 heterocycles. The van der Waals surface area contributed by atoms with Crippen LogP contribution >= 0.6 is 0 Å². The van der Waals surface area contributed by atoms with E-state index in [1.807, 2.05) is 47.6 Å². The summed E-state index contributed by atoms with van der Waals surface area (Å²) in [6.45, 7) is 16.2. The highest BCUT2D eigenvalue weighted by molar-refractivity contribution is 5.92. The Kier molecular flexibility index (Phi) is 32.6. The molecule has 1 aromatic rings. The Labute approximate surface area is 476 Å². The number of likely N-dealkylation sites (N-methyl/N-ethyl adjacent to an activating group) is 2. The van der Waals surface area contributed by atoms with E-state index in [2.05, 4.69) is 28.1 Å². The number of carbonyl (C=O) groups is 7. The van der Waals surface area contributed by atoms with Crippen molar-refractivity contribution in [2.45, 2.75) is 168 Å². The smallest absolute Gasteiger partial charge is 0.407 e. The lowest BCUT2D eigenvalue weighted by molar-refractivity contribution is -0.149. The zero-order valence-corrected chi connectivity index (χ0v) is 49.8. The standard InChI is InChI=1S/C59H98N6O15/c1-12-42(6)53(48(74-10)39-50(67)65-29-21-26-47(65)54(75-11)43(7)55(68)61-46(58(71)72)38-44-22-17-16-18-23-44)64(9)57(70)51(40(2)3)62-56(69)52(41(4)5)63(8)49(66)27-30-76-32-34-78-36-37-79-35-33-77-31-28-60-59(73)80-45-24-19-14-13-15-20-25-45/h13-14,16-18,22-23,40-43,45-48,51-54H,12,15,19-21,24-39H2,1-11H3,(H,60,73)(H,61,68)(H,62,69)(H,71,72)/b14-13+/t42-,43+,45-,46?,47-,48+,51-,52-,53-,54+/m0/s1. The maximum absolute atomic E-state index is 14.6. The molecular formula is C59H98N6O15. The fraction of sp³-hybridized carbons (Fsp3) is 0.746. The van der Waals surface area contributed by atoms with Crippen LogP contribution in [-0.2, 0) is 68.3 Å². The van der Waals surface area contributed by atoms with Crippen molar-refractivity contribution in [2.24, 2.45) is 23.7 Å². The Morgan fingerprint density at radius 2 is 1.35 bits per heavy atom. The third-order valence-electron chi connectivity index (χ3n) is 15.2. The van der Waals surface area contributed by atoms with Crippen molar-refractivity contribution in [1.82, 2.24) is 30.7 Å². The van der Waals surface area contributed by atoms with E-state index in [4.69, 9.17) is 33.2 Å². The molecule has 0 saturated carbocycles. The van der Waals surface area contributed by atoms with Crippen LogP contribution in [0.25, 0.3) is 0 Å². The molecule has 3 rings (SSSR count). The highest BCUT2D eigenvalue weighted by atomic mass is 16.6. The number of amides is 6. The second kappa shape index (κ2) is 37.7. The predicted octanol–water partition coefficient (Wildman–Crippen LogP) is 5.41. The summed E-state index contributed by atoms with van der Waals surface area (Å²) in [5.41, 5.74) is 0.762. The van der Waals surface area contributed by atoms with Gasteiger partial charge in [0.25, 0.3) is 0 Å². The topological polar surface area (TPSA) is 250 Å². The average Bonchev–Trinajstić information content (AvgIpc) is 3.91. The minimum absolute atomic E-state index is 0.0230. The van der Waals surface area contributed by atoms with Gasteiger partial charge in [0.1, 0.15) is 24.2 Å². The van der Waals surface area contributed by atoms with Crippen LogP contribution in [0.15, 0.2) is 42.5 Å². The maximum atomic E-state index is 14.6. The second-order valence-corrected chi connectivity index (χ2v) is 21.7. The molecule has 1 aliphatic heterocycles. The van der Waals surface area contributed by atoms with Gasteiger partial charge in [0.2, 0.25) is 29.5 Å². The van der Waals surface area contributed by atoms with Crippen LogP contribution in [-0.4, -0.2) is 204 Å². The molecule has 454 valence electrons. The van der Waals surface area contributed by atoms with Crippen LogP contribution < -0.4 is 16.0 Å². The molecule has 4 N–H and O–H groups in total. The van der Waals surface area contributed by atoms with E-state index in [1.54, 1.807) is 55.1 Å². The van der Waals surface area contributed by atoms with Crippen molar-refractivity contribution in [3.63, 3.8) is 0 Å². The van der Waals surface area contributed by atoms with E-state index in [9.17, 15) is 38.7 Å². The van der Waals surface area contributed by atoms with Crippen molar-refractivity contribution in [2.75, 3.05) is 94.3 Å². The number of allylic oxidation sites excluding steroid dienone is 2. The van der Waals surface area contributed by atoms with Crippen LogP contribution in [0.1, 0.15) is 118 Å². The lowest BCUT2D eigenvalue weighted by atomic mass is 9.89. The first-order valence-electron chi connectivity index (χ1n) is 28.9. The highest BCUT2D eigenvalue weighted by Crippen LogP contribution is 2.30. The molecule has 1 aromatic carbocycles. The van der Waals surface area contributed by atoms with E-state index in [1.165, 1.54) is 19.1 Å². The fourth-order valence-corrected chi connectivity index (χ4v) is 10.5. The second-order valence-electron chi connectivity index (χ2n) is 21.7. The van der Waals surface area contributed by atoms with Gasteiger partial charge in [-0.3, -0.25) is 24.0 Å². The minimum atomic E-state index is -1.16.